The van der Waals surface area contributed by atoms with Gasteiger partial charge in [0.15, 0.2) is 0 Å². The van der Waals surface area contributed by atoms with Crippen LogP contribution in [-0.4, -0.2) is 33.3 Å². The molecule has 0 radical (unpaired) electrons. The van der Waals surface area contributed by atoms with E-state index >= 15 is 0 Å². The van der Waals surface area contributed by atoms with Crippen molar-refractivity contribution in [1.29, 1.82) is 0 Å². The highest BCUT2D eigenvalue weighted by molar-refractivity contribution is 5.49. The van der Waals surface area contributed by atoms with E-state index in [4.69, 9.17) is 4.74 Å². The first-order chi connectivity index (χ1) is 12.8. The molecule has 0 aromatic heterocycles. The maximum atomic E-state index is 12.9. The topological polar surface area (TPSA) is 16.9 Å². The van der Waals surface area contributed by atoms with Crippen LogP contribution in [0.1, 0.15) is 22.3 Å². The van der Waals surface area contributed by atoms with Crippen LogP contribution in [0.3, 0.4) is 0 Å². The first-order valence-electron chi connectivity index (χ1n) is 9.18. The molecule has 0 spiro atoms. The summed E-state index contributed by atoms with van der Waals surface area (Å²) in [6, 6.07) is 9.75. The van der Waals surface area contributed by atoms with Gasteiger partial charge in [-0.15, -0.1) is 0 Å². The SMILES string of the molecule is COc1ccc(C[NH+]2CCN(c3cccc(C(F)(F)F)c3)CC2)c(C)c1C. The highest BCUT2D eigenvalue weighted by Crippen LogP contribution is 2.31. The molecule has 1 heterocycles. The fraction of sp³-hybridized carbons (Fsp3) is 0.429. The van der Waals surface area contributed by atoms with Crippen LogP contribution in [-0.2, 0) is 12.7 Å². The van der Waals surface area contributed by atoms with Crippen molar-refractivity contribution in [2.24, 2.45) is 0 Å². The van der Waals surface area contributed by atoms with Gasteiger partial charge in [0.2, 0.25) is 0 Å². The third kappa shape index (κ3) is 4.38. The molecule has 3 rings (SSSR count). The summed E-state index contributed by atoms with van der Waals surface area (Å²) in [4.78, 5) is 3.50. The van der Waals surface area contributed by atoms with Gasteiger partial charge < -0.3 is 14.5 Å². The molecule has 27 heavy (non-hydrogen) atoms. The van der Waals surface area contributed by atoms with E-state index in [0.717, 1.165) is 50.1 Å². The number of ether oxygens (including phenoxy) is 1. The van der Waals surface area contributed by atoms with E-state index in [0.29, 0.717) is 5.69 Å². The Hall–Kier alpha value is -2.21. The third-order valence-electron chi connectivity index (χ3n) is 5.52. The number of halogens is 3. The molecular formula is C21H26F3N2O+. The maximum absolute atomic E-state index is 12.9. The first-order valence-corrected chi connectivity index (χ1v) is 9.18. The Morgan fingerprint density at radius 3 is 2.37 bits per heavy atom. The van der Waals surface area contributed by atoms with Crippen LogP contribution in [0.25, 0.3) is 0 Å². The third-order valence-corrected chi connectivity index (χ3v) is 5.52. The zero-order chi connectivity index (χ0) is 19.6. The number of nitrogens with one attached hydrogen (secondary N) is 1. The minimum atomic E-state index is -4.30. The summed E-state index contributed by atoms with van der Waals surface area (Å²) in [5.74, 6) is 0.903. The van der Waals surface area contributed by atoms with Gasteiger partial charge in [0.25, 0.3) is 0 Å². The fourth-order valence-corrected chi connectivity index (χ4v) is 3.67. The van der Waals surface area contributed by atoms with E-state index in [-0.39, 0.29) is 0 Å². The smallest absolute Gasteiger partial charge is 0.416 e. The lowest BCUT2D eigenvalue weighted by molar-refractivity contribution is -0.914. The van der Waals surface area contributed by atoms with Crippen molar-refractivity contribution >= 4 is 5.69 Å². The van der Waals surface area contributed by atoms with Crippen LogP contribution in [0, 0.1) is 13.8 Å². The van der Waals surface area contributed by atoms with E-state index in [1.54, 1.807) is 13.2 Å². The molecule has 2 aromatic rings. The normalized spacial score (nSPS) is 15.9. The second-order valence-electron chi connectivity index (χ2n) is 7.14. The molecule has 0 amide bonds. The van der Waals surface area contributed by atoms with Crippen molar-refractivity contribution in [1.82, 2.24) is 0 Å². The number of nitrogens with zero attached hydrogens (tertiary/aromatic N) is 1. The minimum absolute atomic E-state index is 0.584. The Morgan fingerprint density at radius 2 is 1.74 bits per heavy atom. The number of methoxy groups -OCH3 is 1. The lowest BCUT2D eigenvalue weighted by Gasteiger charge is -2.34. The molecular weight excluding hydrogens is 353 g/mol. The Balaban J connectivity index is 1.64. The van der Waals surface area contributed by atoms with Gasteiger partial charge in [-0.3, -0.25) is 0 Å². The van der Waals surface area contributed by atoms with Crippen LogP contribution in [0.2, 0.25) is 0 Å². The molecule has 3 nitrogen and oxygen atoms in total. The zero-order valence-electron chi connectivity index (χ0n) is 16.0. The minimum Gasteiger partial charge on any atom is -0.496 e. The second kappa shape index (κ2) is 7.80. The average molecular weight is 379 g/mol. The van der Waals surface area contributed by atoms with Gasteiger partial charge in [0, 0.05) is 11.3 Å². The van der Waals surface area contributed by atoms with E-state index in [1.165, 1.54) is 28.2 Å². The van der Waals surface area contributed by atoms with Gasteiger partial charge >= 0.3 is 6.18 Å². The number of hydrogen-bond donors (Lipinski definition) is 1. The highest BCUT2D eigenvalue weighted by Gasteiger charge is 2.31. The van der Waals surface area contributed by atoms with Crippen LogP contribution >= 0.6 is 0 Å². The van der Waals surface area contributed by atoms with E-state index in [1.807, 2.05) is 11.0 Å². The number of piperazine rings is 1. The van der Waals surface area contributed by atoms with Crippen molar-refractivity contribution in [3.8, 4) is 5.75 Å². The summed E-state index contributed by atoms with van der Waals surface area (Å²) in [7, 11) is 1.68. The van der Waals surface area contributed by atoms with Crippen LogP contribution in [0.4, 0.5) is 18.9 Å². The molecule has 0 saturated carbocycles. The standard InChI is InChI=1S/C21H25F3N2O/c1-15-16(2)20(27-3)8-7-17(15)14-25-9-11-26(12-10-25)19-6-4-5-18(13-19)21(22,23)24/h4-8,13H,9-12,14H2,1-3H3/p+1. The molecule has 0 unspecified atom stereocenters. The maximum Gasteiger partial charge on any atom is 0.416 e. The molecule has 0 bridgehead atoms. The highest BCUT2D eigenvalue weighted by atomic mass is 19.4. The Bertz CT molecular complexity index is 796. The first kappa shape index (κ1) is 19.5. The number of benzene rings is 2. The van der Waals surface area contributed by atoms with Crippen LogP contribution in [0.5, 0.6) is 5.75 Å². The number of quaternary nitrogens is 1. The van der Waals surface area contributed by atoms with Gasteiger partial charge in [-0.2, -0.15) is 13.2 Å². The molecule has 1 fully saturated rings. The lowest BCUT2D eigenvalue weighted by atomic mass is 10.0. The van der Waals surface area contributed by atoms with E-state index < -0.39 is 11.7 Å². The number of anilines is 1. The second-order valence-corrected chi connectivity index (χ2v) is 7.14. The predicted octanol–water partition coefficient (Wildman–Crippen LogP) is 3.24. The van der Waals surface area contributed by atoms with Gasteiger partial charge in [-0.05, 0) is 55.3 Å². The largest absolute Gasteiger partial charge is 0.496 e. The van der Waals surface area contributed by atoms with Gasteiger partial charge in [-0.1, -0.05) is 6.07 Å². The number of hydrogen-bond acceptors (Lipinski definition) is 2. The molecule has 0 atom stereocenters. The van der Waals surface area contributed by atoms with Crippen LogP contribution in [0.15, 0.2) is 36.4 Å². The fourth-order valence-electron chi connectivity index (χ4n) is 3.67. The molecule has 1 saturated heterocycles. The molecule has 146 valence electrons. The van der Waals surface area contributed by atoms with Crippen molar-refractivity contribution in [2.45, 2.75) is 26.6 Å². The van der Waals surface area contributed by atoms with Crippen molar-refractivity contribution < 1.29 is 22.8 Å². The monoisotopic (exact) mass is 379 g/mol. The molecule has 2 aromatic carbocycles. The number of alkyl halides is 3. The van der Waals surface area contributed by atoms with E-state index in [2.05, 4.69) is 19.9 Å². The molecule has 0 aliphatic carbocycles. The van der Waals surface area contributed by atoms with Crippen molar-refractivity contribution in [2.75, 3.05) is 38.2 Å². The van der Waals surface area contributed by atoms with Crippen molar-refractivity contribution in [3.05, 3.63) is 58.7 Å². The average Bonchev–Trinajstić information content (AvgIpc) is 2.66. The molecule has 1 aliphatic heterocycles. The zero-order valence-corrected chi connectivity index (χ0v) is 16.0. The lowest BCUT2D eigenvalue weighted by Crippen LogP contribution is -3.13. The summed E-state index contributed by atoms with van der Waals surface area (Å²) in [6.45, 7) is 8.42. The quantitative estimate of drug-likeness (QED) is 0.879. The van der Waals surface area contributed by atoms with Gasteiger partial charge in [0.1, 0.15) is 12.3 Å². The summed E-state index contributed by atoms with van der Waals surface area (Å²) >= 11 is 0. The molecule has 6 heteroatoms. The predicted molar refractivity (Wildman–Crippen MR) is 101 cm³/mol. The van der Waals surface area contributed by atoms with E-state index in [9.17, 15) is 13.2 Å². The van der Waals surface area contributed by atoms with Gasteiger partial charge in [0.05, 0.1) is 38.9 Å². The van der Waals surface area contributed by atoms with Gasteiger partial charge in [-0.25, -0.2) is 0 Å². The summed E-state index contributed by atoms with van der Waals surface area (Å²) in [6.07, 6.45) is -4.30. The summed E-state index contributed by atoms with van der Waals surface area (Å²) in [5, 5.41) is 0. The summed E-state index contributed by atoms with van der Waals surface area (Å²) < 4.78 is 44.2. The van der Waals surface area contributed by atoms with Crippen LogP contribution < -0.4 is 14.5 Å². The molecule has 1 aliphatic rings. The van der Waals surface area contributed by atoms with Crippen molar-refractivity contribution in [3.63, 3.8) is 0 Å². The number of rotatable bonds is 4. The Labute approximate surface area is 158 Å². The Kier molecular flexibility index (Phi) is 5.65. The molecule has 1 N–H and O–H groups in total. The summed E-state index contributed by atoms with van der Waals surface area (Å²) in [5.41, 5.74) is 3.79. The Morgan fingerprint density at radius 1 is 1.04 bits per heavy atom.